The molecule has 1 aromatic carbocycles. The molecule has 0 spiro atoms. The normalized spacial score (nSPS) is 10.3. The average molecular weight is 354 g/mol. The molecule has 8 heteroatoms. The van der Waals surface area contributed by atoms with E-state index in [-0.39, 0.29) is 22.0 Å². The van der Waals surface area contributed by atoms with Gasteiger partial charge in [0.2, 0.25) is 0 Å². The van der Waals surface area contributed by atoms with Gasteiger partial charge in [-0.3, -0.25) is 4.79 Å². The topological polar surface area (TPSA) is 85.6 Å². The molecule has 0 aliphatic carbocycles. The molecule has 2 aromatic rings. The zero-order valence-electron chi connectivity index (χ0n) is 12.8. The summed E-state index contributed by atoms with van der Waals surface area (Å²) in [6.07, 6.45) is 0. The number of benzene rings is 1. The predicted octanol–water partition coefficient (Wildman–Crippen LogP) is 2.84. The second-order valence-corrected chi connectivity index (χ2v) is 5.34. The first-order chi connectivity index (χ1) is 11.3. The molecule has 126 valence electrons. The van der Waals surface area contributed by atoms with Crippen LogP contribution in [0.15, 0.2) is 33.5 Å². The molecule has 0 aliphatic heterocycles. The zero-order chi connectivity index (χ0) is 17.9. The van der Waals surface area contributed by atoms with Crippen LogP contribution in [0.2, 0.25) is 5.02 Å². The number of amides is 1. The summed E-state index contributed by atoms with van der Waals surface area (Å²) in [5, 5.41) is 2.27. The van der Waals surface area contributed by atoms with E-state index in [1.165, 1.54) is 19.1 Å². The molecule has 0 saturated carbocycles. The Labute approximate surface area is 141 Å². The van der Waals surface area contributed by atoms with E-state index < -0.39 is 29.9 Å². The Hall–Kier alpha value is -2.67. The monoisotopic (exact) mass is 353 g/mol. The van der Waals surface area contributed by atoms with E-state index in [4.69, 9.17) is 20.8 Å². The van der Waals surface area contributed by atoms with Crippen molar-refractivity contribution < 1.29 is 23.1 Å². The van der Waals surface area contributed by atoms with E-state index >= 15 is 0 Å². The Morgan fingerprint density at radius 3 is 2.62 bits per heavy atom. The third-order valence-electron chi connectivity index (χ3n) is 3.08. The van der Waals surface area contributed by atoms with Crippen molar-refractivity contribution in [2.24, 2.45) is 0 Å². The van der Waals surface area contributed by atoms with Gasteiger partial charge in [-0.05, 0) is 37.6 Å². The molecule has 0 unspecified atom stereocenters. The first-order valence-corrected chi connectivity index (χ1v) is 7.19. The van der Waals surface area contributed by atoms with Crippen molar-refractivity contribution in [3.63, 3.8) is 0 Å². The fourth-order valence-electron chi connectivity index (χ4n) is 2.04. The lowest BCUT2D eigenvalue weighted by atomic mass is 10.1. The van der Waals surface area contributed by atoms with E-state index in [9.17, 15) is 18.8 Å². The third kappa shape index (κ3) is 4.20. The highest BCUT2D eigenvalue weighted by Gasteiger charge is 2.18. The number of carbonyl (C=O) groups is 2. The Bertz CT molecular complexity index is 836. The molecule has 6 nitrogen and oxygen atoms in total. The van der Waals surface area contributed by atoms with Gasteiger partial charge in [0, 0.05) is 11.8 Å². The van der Waals surface area contributed by atoms with Gasteiger partial charge in [0.15, 0.2) is 6.61 Å². The Kier molecular flexibility index (Phi) is 5.35. The second-order valence-electron chi connectivity index (χ2n) is 4.93. The van der Waals surface area contributed by atoms with Crippen molar-refractivity contribution in [3.05, 3.63) is 62.4 Å². The number of halogens is 2. The summed E-state index contributed by atoms with van der Waals surface area (Å²) in [4.78, 5) is 35.0. The summed E-state index contributed by atoms with van der Waals surface area (Å²) < 4.78 is 22.8. The highest BCUT2D eigenvalue weighted by atomic mass is 35.5. The molecule has 1 heterocycles. The summed E-state index contributed by atoms with van der Waals surface area (Å²) in [6, 6.07) is 4.81. The molecular formula is C16H13ClFNO5. The molecule has 1 amide bonds. The zero-order valence-corrected chi connectivity index (χ0v) is 13.6. The number of anilines is 1. The van der Waals surface area contributed by atoms with Crippen LogP contribution in [0.5, 0.6) is 0 Å². The summed E-state index contributed by atoms with van der Waals surface area (Å²) in [7, 11) is 0. The van der Waals surface area contributed by atoms with Crippen LogP contribution < -0.4 is 10.9 Å². The minimum Gasteiger partial charge on any atom is -0.452 e. The Morgan fingerprint density at radius 1 is 1.29 bits per heavy atom. The minimum absolute atomic E-state index is 0.0900. The molecule has 2 rings (SSSR count). The lowest BCUT2D eigenvalue weighted by Crippen LogP contribution is -2.22. The summed E-state index contributed by atoms with van der Waals surface area (Å²) >= 11 is 5.60. The summed E-state index contributed by atoms with van der Waals surface area (Å²) in [6.45, 7) is 2.44. The summed E-state index contributed by atoms with van der Waals surface area (Å²) in [5.74, 6) is -1.92. The fourth-order valence-corrected chi connectivity index (χ4v) is 2.22. The van der Waals surface area contributed by atoms with E-state index in [0.29, 0.717) is 5.56 Å². The number of hydrogen-bond donors (Lipinski definition) is 1. The first-order valence-electron chi connectivity index (χ1n) is 6.81. The molecule has 0 aliphatic rings. The van der Waals surface area contributed by atoms with Crippen molar-refractivity contribution in [3.8, 4) is 0 Å². The lowest BCUT2D eigenvalue weighted by molar-refractivity contribution is -0.119. The smallest absolute Gasteiger partial charge is 0.342 e. The van der Waals surface area contributed by atoms with E-state index in [1.54, 1.807) is 6.92 Å². The van der Waals surface area contributed by atoms with Crippen molar-refractivity contribution in [2.75, 3.05) is 11.9 Å². The molecule has 1 N–H and O–H groups in total. The van der Waals surface area contributed by atoms with E-state index in [0.717, 1.165) is 12.1 Å². The quantitative estimate of drug-likeness (QED) is 0.854. The molecule has 0 saturated heterocycles. The van der Waals surface area contributed by atoms with Gasteiger partial charge in [0.05, 0.1) is 5.02 Å². The number of nitrogens with one attached hydrogen (secondary N) is 1. The van der Waals surface area contributed by atoms with Gasteiger partial charge in [-0.25, -0.2) is 14.0 Å². The maximum Gasteiger partial charge on any atom is 0.342 e. The van der Waals surface area contributed by atoms with Crippen molar-refractivity contribution >= 4 is 29.2 Å². The largest absolute Gasteiger partial charge is 0.452 e. The van der Waals surface area contributed by atoms with Crippen LogP contribution in [0, 0.1) is 19.7 Å². The highest BCUT2D eigenvalue weighted by molar-refractivity contribution is 6.31. The number of hydrogen-bond acceptors (Lipinski definition) is 5. The first kappa shape index (κ1) is 17.7. The van der Waals surface area contributed by atoms with Crippen LogP contribution in [0.4, 0.5) is 10.1 Å². The molecule has 0 atom stereocenters. The maximum atomic E-state index is 13.0. The third-order valence-corrected chi connectivity index (χ3v) is 3.37. The van der Waals surface area contributed by atoms with Gasteiger partial charge in [-0.2, -0.15) is 0 Å². The van der Waals surface area contributed by atoms with Crippen LogP contribution in [-0.4, -0.2) is 18.5 Å². The maximum absolute atomic E-state index is 13.0. The van der Waals surface area contributed by atoms with Gasteiger partial charge >= 0.3 is 11.6 Å². The Balaban J connectivity index is 2.00. The predicted molar refractivity (Wildman–Crippen MR) is 84.8 cm³/mol. The van der Waals surface area contributed by atoms with Gasteiger partial charge in [0.25, 0.3) is 5.91 Å². The number of aryl methyl sites for hydroxylation is 2. The number of esters is 1. The van der Waals surface area contributed by atoms with Gasteiger partial charge < -0.3 is 14.5 Å². The molecule has 1 aromatic heterocycles. The molecule has 0 bridgehead atoms. The minimum atomic E-state index is -0.791. The fraction of sp³-hybridized carbons (Fsp3) is 0.188. The van der Waals surface area contributed by atoms with Crippen LogP contribution in [0.25, 0.3) is 0 Å². The second kappa shape index (κ2) is 7.27. The molecular weight excluding hydrogens is 341 g/mol. The van der Waals surface area contributed by atoms with Crippen molar-refractivity contribution in [2.45, 2.75) is 13.8 Å². The number of rotatable bonds is 4. The average Bonchev–Trinajstić information content (AvgIpc) is 2.48. The number of ether oxygens (including phenoxy) is 1. The van der Waals surface area contributed by atoms with Crippen LogP contribution in [-0.2, 0) is 9.53 Å². The molecule has 0 fully saturated rings. The lowest BCUT2D eigenvalue weighted by Gasteiger charge is -2.09. The van der Waals surface area contributed by atoms with Gasteiger partial charge in [0.1, 0.15) is 17.1 Å². The molecule has 24 heavy (non-hydrogen) atoms. The SMILES string of the molecule is Cc1cc(=O)oc(C)c1C(=O)OCC(=O)Nc1ccc(F)c(Cl)c1. The number of carbonyl (C=O) groups excluding carboxylic acids is 2. The van der Waals surface area contributed by atoms with Crippen LogP contribution >= 0.6 is 11.6 Å². The molecule has 0 radical (unpaired) electrons. The van der Waals surface area contributed by atoms with E-state index in [1.807, 2.05) is 0 Å². The standard InChI is InChI=1S/C16H13ClFNO5/c1-8-5-14(21)24-9(2)15(8)16(22)23-7-13(20)19-10-3-4-12(18)11(17)6-10/h3-6H,7H2,1-2H3,(H,19,20). The van der Waals surface area contributed by atoms with Gasteiger partial charge in [-0.15, -0.1) is 0 Å². The van der Waals surface area contributed by atoms with Crippen molar-refractivity contribution in [1.29, 1.82) is 0 Å². The van der Waals surface area contributed by atoms with Crippen LogP contribution in [0.1, 0.15) is 21.7 Å². The van der Waals surface area contributed by atoms with Crippen molar-refractivity contribution in [1.82, 2.24) is 0 Å². The van der Waals surface area contributed by atoms with Crippen LogP contribution in [0.3, 0.4) is 0 Å². The van der Waals surface area contributed by atoms with E-state index in [2.05, 4.69) is 5.32 Å². The summed E-state index contributed by atoms with van der Waals surface area (Å²) in [5.41, 5.74) is 0.166. The highest BCUT2D eigenvalue weighted by Crippen LogP contribution is 2.19. The Morgan fingerprint density at radius 2 is 2.00 bits per heavy atom. The van der Waals surface area contributed by atoms with Gasteiger partial charge in [-0.1, -0.05) is 11.6 Å².